The number of halogens is 1. The fourth-order valence-electron chi connectivity index (χ4n) is 2.83. The number of fused-ring (bicyclic) bond motifs is 1. The summed E-state index contributed by atoms with van der Waals surface area (Å²) in [4.78, 5) is 26.0. The van der Waals surface area contributed by atoms with E-state index in [2.05, 4.69) is 5.32 Å². The summed E-state index contributed by atoms with van der Waals surface area (Å²) in [5.74, 6) is 0.0214. The van der Waals surface area contributed by atoms with Gasteiger partial charge in [-0.1, -0.05) is 23.7 Å². The van der Waals surface area contributed by atoms with Gasteiger partial charge in [-0.05, 0) is 30.5 Å². The Morgan fingerprint density at radius 1 is 1.26 bits per heavy atom. The van der Waals surface area contributed by atoms with Crippen LogP contribution in [0.25, 0.3) is 0 Å². The number of amides is 2. The van der Waals surface area contributed by atoms with Crippen molar-refractivity contribution >= 4 is 23.4 Å². The molecular formula is C14H15ClN2O2. The Hall–Kier alpha value is -1.55. The first kappa shape index (κ1) is 12.5. The van der Waals surface area contributed by atoms with Crippen molar-refractivity contribution in [2.75, 3.05) is 6.54 Å². The van der Waals surface area contributed by atoms with E-state index in [0.29, 0.717) is 18.0 Å². The molecule has 0 radical (unpaired) electrons. The van der Waals surface area contributed by atoms with Gasteiger partial charge in [-0.2, -0.15) is 0 Å². The average Bonchev–Trinajstić information content (AvgIpc) is 2.88. The molecule has 2 fully saturated rings. The van der Waals surface area contributed by atoms with E-state index in [0.717, 1.165) is 18.4 Å². The molecule has 3 rings (SSSR count). The molecule has 2 atom stereocenters. The predicted octanol–water partition coefficient (Wildman–Crippen LogP) is 1.37. The highest BCUT2D eigenvalue weighted by Crippen LogP contribution is 2.23. The minimum atomic E-state index is -0.442. The molecule has 100 valence electrons. The molecule has 2 aliphatic heterocycles. The molecule has 0 aromatic heterocycles. The van der Waals surface area contributed by atoms with Crippen molar-refractivity contribution in [2.45, 2.75) is 31.3 Å². The number of piperazine rings is 1. The molecule has 0 bridgehead atoms. The highest BCUT2D eigenvalue weighted by molar-refractivity contribution is 6.30. The maximum Gasteiger partial charge on any atom is 0.246 e. The molecular weight excluding hydrogens is 264 g/mol. The number of nitrogens with one attached hydrogen (secondary N) is 1. The van der Waals surface area contributed by atoms with Gasteiger partial charge in [-0.3, -0.25) is 9.59 Å². The molecule has 2 unspecified atom stereocenters. The summed E-state index contributed by atoms with van der Waals surface area (Å²) in [6.07, 6.45) is 2.22. The molecule has 0 saturated carbocycles. The molecule has 0 spiro atoms. The van der Waals surface area contributed by atoms with E-state index in [1.165, 1.54) is 0 Å². The van der Waals surface area contributed by atoms with Gasteiger partial charge in [-0.15, -0.1) is 0 Å². The third-order valence-electron chi connectivity index (χ3n) is 3.81. The molecule has 1 aromatic rings. The van der Waals surface area contributed by atoms with Crippen LogP contribution in [0.15, 0.2) is 24.3 Å². The topological polar surface area (TPSA) is 49.4 Å². The minimum Gasteiger partial charge on any atom is -0.342 e. The van der Waals surface area contributed by atoms with Crippen LogP contribution in [0.1, 0.15) is 18.4 Å². The van der Waals surface area contributed by atoms with Crippen molar-refractivity contribution < 1.29 is 9.59 Å². The Morgan fingerprint density at radius 2 is 2.00 bits per heavy atom. The van der Waals surface area contributed by atoms with Crippen LogP contribution < -0.4 is 5.32 Å². The van der Waals surface area contributed by atoms with Crippen molar-refractivity contribution in [2.24, 2.45) is 0 Å². The third-order valence-corrected chi connectivity index (χ3v) is 4.06. The van der Waals surface area contributed by atoms with Crippen LogP contribution in [0.2, 0.25) is 5.02 Å². The first-order valence-electron chi connectivity index (χ1n) is 6.50. The standard InChI is InChI=1S/C14H15ClN2O2/c15-10-5-3-9(4-6-10)8-11-14(19)17-7-1-2-12(17)13(18)16-11/h3-6,11-12H,1-2,7-8H2,(H,16,18). The summed E-state index contributed by atoms with van der Waals surface area (Å²) in [7, 11) is 0. The zero-order chi connectivity index (χ0) is 13.4. The molecule has 0 aliphatic carbocycles. The Kier molecular flexibility index (Phi) is 3.19. The number of hydrogen-bond acceptors (Lipinski definition) is 2. The van der Waals surface area contributed by atoms with Crippen LogP contribution in [0.3, 0.4) is 0 Å². The first-order valence-corrected chi connectivity index (χ1v) is 6.88. The summed E-state index contributed by atoms with van der Waals surface area (Å²) in [5, 5.41) is 3.51. The van der Waals surface area contributed by atoms with Crippen molar-refractivity contribution in [3.05, 3.63) is 34.9 Å². The lowest BCUT2D eigenvalue weighted by Crippen LogP contribution is -2.61. The Morgan fingerprint density at radius 3 is 2.74 bits per heavy atom. The lowest BCUT2D eigenvalue weighted by Gasteiger charge is -2.34. The normalized spacial score (nSPS) is 26.3. The van der Waals surface area contributed by atoms with Crippen LogP contribution in [-0.4, -0.2) is 35.3 Å². The van der Waals surface area contributed by atoms with E-state index in [9.17, 15) is 9.59 Å². The number of carbonyl (C=O) groups is 2. The van der Waals surface area contributed by atoms with Gasteiger partial charge < -0.3 is 10.2 Å². The lowest BCUT2D eigenvalue weighted by molar-refractivity contribution is -0.146. The van der Waals surface area contributed by atoms with Gasteiger partial charge in [-0.25, -0.2) is 0 Å². The van der Waals surface area contributed by atoms with Crippen molar-refractivity contribution in [1.82, 2.24) is 10.2 Å². The van der Waals surface area contributed by atoms with Crippen molar-refractivity contribution in [3.63, 3.8) is 0 Å². The average molecular weight is 279 g/mol. The van der Waals surface area contributed by atoms with Gasteiger partial charge in [0.2, 0.25) is 11.8 Å². The predicted molar refractivity (Wildman–Crippen MR) is 71.8 cm³/mol. The fourth-order valence-corrected chi connectivity index (χ4v) is 2.95. The van der Waals surface area contributed by atoms with Gasteiger partial charge in [0.25, 0.3) is 0 Å². The monoisotopic (exact) mass is 278 g/mol. The number of benzene rings is 1. The molecule has 4 nitrogen and oxygen atoms in total. The van der Waals surface area contributed by atoms with Gasteiger partial charge >= 0.3 is 0 Å². The van der Waals surface area contributed by atoms with Gasteiger partial charge in [0, 0.05) is 18.0 Å². The van der Waals surface area contributed by atoms with Crippen molar-refractivity contribution in [1.29, 1.82) is 0 Å². The number of nitrogens with zero attached hydrogens (tertiary/aromatic N) is 1. The van der Waals surface area contributed by atoms with Crippen LogP contribution in [-0.2, 0) is 16.0 Å². The number of carbonyl (C=O) groups excluding carboxylic acids is 2. The van der Waals surface area contributed by atoms with E-state index in [-0.39, 0.29) is 17.9 Å². The molecule has 2 heterocycles. The summed E-state index contributed by atoms with van der Waals surface area (Å²) in [6.45, 7) is 0.702. The fraction of sp³-hybridized carbons (Fsp3) is 0.429. The zero-order valence-electron chi connectivity index (χ0n) is 10.4. The highest BCUT2D eigenvalue weighted by atomic mass is 35.5. The smallest absolute Gasteiger partial charge is 0.246 e. The minimum absolute atomic E-state index is 0.0175. The molecule has 19 heavy (non-hydrogen) atoms. The summed E-state index contributed by atoms with van der Waals surface area (Å²) in [6, 6.07) is 6.68. The van der Waals surface area contributed by atoms with E-state index in [1.54, 1.807) is 17.0 Å². The van der Waals surface area contributed by atoms with Gasteiger partial charge in [0.05, 0.1) is 0 Å². The second-order valence-corrected chi connectivity index (χ2v) is 5.52. The largest absolute Gasteiger partial charge is 0.342 e. The second-order valence-electron chi connectivity index (χ2n) is 5.08. The van der Waals surface area contributed by atoms with Crippen LogP contribution >= 0.6 is 11.6 Å². The number of rotatable bonds is 2. The quantitative estimate of drug-likeness (QED) is 0.888. The van der Waals surface area contributed by atoms with E-state index < -0.39 is 6.04 Å². The summed E-state index contributed by atoms with van der Waals surface area (Å²) >= 11 is 5.83. The molecule has 1 N–H and O–H groups in total. The maximum absolute atomic E-state index is 12.3. The van der Waals surface area contributed by atoms with E-state index in [4.69, 9.17) is 11.6 Å². The lowest BCUT2D eigenvalue weighted by atomic mass is 10.0. The first-order chi connectivity index (χ1) is 9.15. The van der Waals surface area contributed by atoms with Gasteiger partial charge in [0.1, 0.15) is 12.1 Å². The molecule has 1 aromatic carbocycles. The van der Waals surface area contributed by atoms with Crippen molar-refractivity contribution in [3.8, 4) is 0 Å². The van der Waals surface area contributed by atoms with E-state index >= 15 is 0 Å². The summed E-state index contributed by atoms with van der Waals surface area (Å²) in [5.41, 5.74) is 1.00. The highest BCUT2D eigenvalue weighted by Gasteiger charge is 2.42. The van der Waals surface area contributed by atoms with Crippen LogP contribution in [0.5, 0.6) is 0 Å². The Labute approximate surface area is 116 Å². The van der Waals surface area contributed by atoms with Crippen LogP contribution in [0.4, 0.5) is 0 Å². The van der Waals surface area contributed by atoms with Gasteiger partial charge in [0.15, 0.2) is 0 Å². The summed E-state index contributed by atoms with van der Waals surface area (Å²) < 4.78 is 0. The Balaban J connectivity index is 1.76. The maximum atomic E-state index is 12.3. The zero-order valence-corrected chi connectivity index (χ0v) is 11.2. The molecule has 2 saturated heterocycles. The third kappa shape index (κ3) is 2.32. The van der Waals surface area contributed by atoms with Crippen LogP contribution in [0, 0.1) is 0 Å². The Bertz CT molecular complexity index is 515. The SMILES string of the molecule is O=C1NC(Cc2ccc(Cl)cc2)C(=O)N2CCCC12. The van der Waals surface area contributed by atoms with E-state index in [1.807, 2.05) is 12.1 Å². The second kappa shape index (κ2) is 4.85. The number of hydrogen-bond donors (Lipinski definition) is 1. The molecule has 5 heteroatoms. The molecule has 2 aliphatic rings. The molecule has 2 amide bonds.